The standard InChI is InChI=1S/3C13H16O4/c3*1-2-16-13(15)10-5-6-17-12-8-11(14)4-3-9(12)7-10/h3*3-4,8,10,14H,2,5-7H2,1H3/t2*10-;/m10./s1. The number of fused-ring (bicyclic) bond motifs is 3. The molecule has 1 unspecified atom stereocenters. The van der Waals surface area contributed by atoms with E-state index in [0.717, 1.165) is 16.7 Å². The topological polar surface area (TPSA) is 167 Å². The number of phenols is 3. The van der Waals surface area contributed by atoms with Crippen LogP contribution in [0, 0.1) is 17.8 Å². The van der Waals surface area contributed by atoms with Gasteiger partial charge in [0.15, 0.2) is 0 Å². The average Bonchev–Trinajstić information content (AvgIpc) is 3.55. The van der Waals surface area contributed by atoms with Crippen LogP contribution in [0.5, 0.6) is 34.5 Å². The molecule has 0 aromatic heterocycles. The summed E-state index contributed by atoms with van der Waals surface area (Å²) in [6.45, 7) is 8.03. The summed E-state index contributed by atoms with van der Waals surface area (Å²) in [6.07, 6.45) is 3.76. The first-order valence-electron chi connectivity index (χ1n) is 17.5. The molecule has 3 aromatic carbocycles. The summed E-state index contributed by atoms with van der Waals surface area (Å²) in [6, 6.07) is 15.0. The molecule has 3 atom stereocenters. The fourth-order valence-corrected chi connectivity index (χ4v) is 5.96. The second-order valence-corrected chi connectivity index (χ2v) is 12.2. The maximum atomic E-state index is 11.7. The third-order valence-electron chi connectivity index (χ3n) is 8.58. The Labute approximate surface area is 298 Å². The maximum absolute atomic E-state index is 11.7. The molecule has 3 aliphatic rings. The van der Waals surface area contributed by atoms with E-state index in [1.807, 2.05) is 0 Å². The average molecular weight is 709 g/mol. The highest BCUT2D eigenvalue weighted by atomic mass is 16.5. The van der Waals surface area contributed by atoms with E-state index in [4.69, 9.17) is 28.4 Å². The van der Waals surface area contributed by atoms with Crippen LogP contribution in [-0.4, -0.2) is 72.9 Å². The Hall–Kier alpha value is -5.13. The molecule has 0 fully saturated rings. The molecule has 51 heavy (non-hydrogen) atoms. The van der Waals surface area contributed by atoms with Crippen molar-refractivity contribution in [2.75, 3.05) is 39.6 Å². The molecule has 3 N–H and O–H groups in total. The van der Waals surface area contributed by atoms with Crippen molar-refractivity contribution in [3.8, 4) is 34.5 Å². The Morgan fingerprint density at radius 1 is 0.529 bits per heavy atom. The molecule has 0 bridgehead atoms. The lowest BCUT2D eigenvalue weighted by Gasteiger charge is -2.11. The van der Waals surface area contributed by atoms with Crippen molar-refractivity contribution in [2.24, 2.45) is 17.8 Å². The third kappa shape index (κ3) is 11.4. The summed E-state index contributed by atoms with van der Waals surface area (Å²) in [5.41, 5.74) is 2.83. The van der Waals surface area contributed by atoms with Crippen molar-refractivity contribution >= 4 is 17.9 Å². The second kappa shape index (κ2) is 19.3. The molecule has 0 saturated carbocycles. The van der Waals surface area contributed by atoms with Gasteiger partial charge in [0, 0.05) is 18.2 Å². The zero-order valence-electron chi connectivity index (χ0n) is 29.4. The van der Waals surface area contributed by atoms with E-state index in [1.165, 1.54) is 0 Å². The Morgan fingerprint density at radius 2 is 0.804 bits per heavy atom. The summed E-state index contributed by atoms with van der Waals surface area (Å²) in [4.78, 5) is 35.1. The highest BCUT2D eigenvalue weighted by Crippen LogP contribution is 2.33. The molecule has 0 amide bonds. The molecule has 276 valence electrons. The first-order chi connectivity index (χ1) is 24.6. The molecular formula is C39H48O12. The van der Waals surface area contributed by atoms with Gasteiger partial charge in [0.05, 0.1) is 57.4 Å². The Balaban J connectivity index is 0.000000172. The van der Waals surface area contributed by atoms with Crippen LogP contribution in [0.1, 0.15) is 56.7 Å². The number of phenolic OH excluding ortho intramolecular Hbond substituents is 3. The van der Waals surface area contributed by atoms with Crippen LogP contribution >= 0.6 is 0 Å². The van der Waals surface area contributed by atoms with Crippen LogP contribution in [0.3, 0.4) is 0 Å². The Bertz CT molecular complexity index is 1430. The van der Waals surface area contributed by atoms with Crippen molar-refractivity contribution in [3.63, 3.8) is 0 Å². The molecule has 0 saturated heterocycles. The van der Waals surface area contributed by atoms with Gasteiger partial charge in [0.2, 0.25) is 0 Å². The number of esters is 3. The highest BCUT2D eigenvalue weighted by Gasteiger charge is 2.27. The van der Waals surface area contributed by atoms with Crippen LogP contribution < -0.4 is 14.2 Å². The van der Waals surface area contributed by atoms with Gasteiger partial charge in [-0.15, -0.1) is 0 Å². The van der Waals surface area contributed by atoms with Gasteiger partial charge in [-0.25, -0.2) is 0 Å². The van der Waals surface area contributed by atoms with Gasteiger partial charge in [0.1, 0.15) is 34.5 Å². The smallest absolute Gasteiger partial charge is 0.309 e. The third-order valence-corrected chi connectivity index (χ3v) is 8.58. The SMILES string of the molecule is CCOC(=O)C1CCOc2cc(O)ccc2C1.CCOC(=O)[C@@H]1CCOc2cc(O)ccc2C1.CCOC(=O)[C@H]1CCOc2cc(O)ccc2C1. The summed E-state index contributed by atoms with van der Waals surface area (Å²) < 4.78 is 31.7. The number of hydrogen-bond donors (Lipinski definition) is 3. The maximum Gasteiger partial charge on any atom is 0.309 e. The minimum atomic E-state index is -0.169. The van der Waals surface area contributed by atoms with Crippen molar-refractivity contribution in [1.29, 1.82) is 0 Å². The zero-order valence-corrected chi connectivity index (χ0v) is 29.4. The quantitative estimate of drug-likeness (QED) is 0.212. The molecule has 3 heterocycles. The number of aromatic hydroxyl groups is 3. The molecule has 0 aliphatic carbocycles. The number of hydrogen-bond acceptors (Lipinski definition) is 12. The first kappa shape index (κ1) is 38.7. The van der Waals surface area contributed by atoms with Gasteiger partial charge >= 0.3 is 17.9 Å². The van der Waals surface area contributed by atoms with Crippen LogP contribution in [0.25, 0.3) is 0 Å². The van der Waals surface area contributed by atoms with Crippen molar-refractivity contribution < 1.29 is 58.1 Å². The van der Waals surface area contributed by atoms with Gasteiger partial charge in [-0.2, -0.15) is 0 Å². The summed E-state index contributed by atoms with van der Waals surface area (Å²) in [5, 5.41) is 28.1. The number of carbonyl (C=O) groups is 3. The van der Waals surface area contributed by atoms with Crippen molar-refractivity contribution in [3.05, 3.63) is 71.3 Å². The van der Waals surface area contributed by atoms with Crippen molar-refractivity contribution in [1.82, 2.24) is 0 Å². The molecule has 12 nitrogen and oxygen atoms in total. The van der Waals surface area contributed by atoms with E-state index >= 15 is 0 Å². The predicted molar refractivity (Wildman–Crippen MR) is 186 cm³/mol. The number of carbonyl (C=O) groups excluding carboxylic acids is 3. The summed E-state index contributed by atoms with van der Waals surface area (Å²) in [7, 11) is 0. The van der Waals surface area contributed by atoms with E-state index in [2.05, 4.69) is 0 Å². The minimum Gasteiger partial charge on any atom is -0.508 e. The fourth-order valence-electron chi connectivity index (χ4n) is 5.96. The molecule has 0 spiro atoms. The lowest BCUT2D eigenvalue weighted by molar-refractivity contribution is -0.149. The normalized spacial score (nSPS) is 18.8. The molecule has 0 radical (unpaired) electrons. The first-order valence-corrected chi connectivity index (χ1v) is 17.5. The van der Waals surface area contributed by atoms with Gasteiger partial charge in [0.25, 0.3) is 0 Å². The number of ether oxygens (including phenoxy) is 6. The van der Waals surface area contributed by atoms with Crippen LogP contribution in [0.15, 0.2) is 54.6 Å². The van der Waals surface area contributed by atoms with Crippen LogP contribution in [0.4, 0.5) is 0 Å². The highest BCUT2D eigenvalue weighted by molar-refractivity contribution is 5.74. The molecule has 6 rings (SSSR count). The number of benzene rings is 3. The Morgan fingerprint density at radius 3 is 1.06 bits per heavy atom. The molecular weight excluding hydrogens is 660 g/mol. The van der Waals surface area contributed by atoms with Crippen molar-refractivity contribution in [2.45, 2.75) is 59.3 Å². The van der Waals surface area contributed by atoms with Gasteiger partial charge < -0.3 is 43.7 Å². The lowest BCUT2D eigenvalue weighted by Crippen LogP contribution is -2.20. The second-order valence-electron chi connectivity index (χ2n) is 12.2. The largest absolute Gasteiger partial charge is 0.508 e. The van der Waals surface area contributed by atoms with Gasteiger partial charge in [-0.1, -0.05) is 18.2 Å². The molecule has 12 heteroatoms. The predicted octanol–water partition coefficient (Wildman–Crippen LogP) is 5.69. The molecule has 3 aliphatic heterocycles. The monoisotopic (exact) mass is 708 g/mol. The van der Waals surface area contributed by atoms with Gasteiger partial charge in [-0.3, -0.25) is 14.4 Å². The van der Waals surface area contributed by atoms with Gasteiger partial charge in [-0.05, 0) is 94.2 Å². The lowest BCUT2D eigenvalue weighted by atomic mass is 9.97. The fraction of sp³-hybridized carbons (Fsp3) is 0.462. The van der Waals surface area contributed by atoms with Crippen LogP contribution in [0.2, 0.25) is 0 Å². The number of rotatable bonds is 6. The zero-order chi connectivity index (χ0) is 36.8. The summed E-state index contributed by atoms with van der Waals surface area (Å²) >= 11 is 0. The van der Waals surface area contributed by atoms with E-state index < -0.39 is 0 Å². The van der Waals surface area contributed by atoms with E-state index in [-0.39, 0.29) is 52.9 Å². The minimum absolute atomic E-state index is 0.152. The van der Waals surface area contributed by atoms with E-state index in [0.29, 0.717) is 95.4 Å². The van der Waals surface area contributed by atoms with Crippen LogP contribution in [-0.2, 0) is 47.9 Å². The molecule has 3 aromatic rings. The van der Waals surface area contributed by atoms with E-state index in [1.54, 1.807) is 75.4 Å². The van der Waals surface area contributed by atoms with E-state index in [9.17, 15) is 29.7 Å². The summed E-state index contributed by atoms with van der Waals surface area (Å²) in [5.74, 6) is 1.56. The Kier molecular flexibility index (Phi) is 14.6.